The molecule has 39 heavy (non-hydrogen) atoms. The minimum Gasteiger partial charge on any atom is -0.504 e. The van der Waals surface area contributed by atoms with Crippen LogP contribution in [0.1, 0.15) is 24.3 Å². The highest BCUT2D eigenvalue weighted by molar-refractivity contribution is 9.10. The van der Waals surface area contributed by atoms with E-state index >= 15 is 0 Å². The van der Waals surface area contributed by atoms with E-state index in [4.69, 9.17) is 27.9 Å². The minimum atomic E-state index is -1.89. The van der Waals surface area contributed by atoms with Gasteiger partial charge in [-0.2, -0.15) is 0 Å². The SMILES string of the molecule is COc1cc(C2C3=CCC4C(=O)N(c5ccc(Br)cc5)C(=O)C4C3CC3(Cl)C(=O)N(C)C(=O)C23Cl)ccc1O. The molecule has 2 heterocycles. The summed E-state index contributed by atoms with van der Waals surface area (Å²) < 4.78 is 6.11. The van der Waals surface area contributed by atoms with Gasteiger partial charge in [0.2, 0.25) is 11.8 Å². The van der Waals surface area contributed by atoms with Gasteiger partial charge >= 0.3 is 0 Å². The monoisotopic (exact) mass is 632 g/mol. The molecule has 4 aliphatic rings. The van der Waals surface area contributed by atoms with E-state index in [9.17, 15) is 24.3 Å². The largest absolute Gasteiger partial charge is 0.504 e. The lowest BCUT2D eigenvalue weighted by molar-refractivity contribution is -0.138. The summed E-state index contributed by atoms with van der Waals surface area (Å²) in [5.74, 6) is -4.92. The van der Waals surface area contributed by atoms with Gasteiger partial charge in [0.05, 0.1) is 24.6 Å². The summed E-state index contributed by atoms with van der Waals surface area (Å²) in [5.41, 5.74) is 1.63. The molecule has 0 radical (unpaired) electrons. The lowest BCUT2D eigenvalue weighted by Gasteiger charge is -2.50. The molecule has 2 aliphatic heterocycles. The summed E-state index contributed by atoms with van der Waals surface area (Å²) in [6.07, 6.45) is 2.04. The van der Waals surface area contributed by atoms with Gasteiger partial charge in [-0.3, -0.25) is 29.0 Å². The average Bonchev–Trinajstić information content (AvgIpc) is 3.24. The molecule has 3 fully saturated rings. The standard InChI is InChI=1S/C28H23BrCl2N2O6/c1-32-25(37)27(30)12-18-16(22(28(27,31)26(32)38)13-3-10-19(34)20(11-13)39-2)8-9-17-21(18)24(36)33(23(17)35)15-6-4-14(29)5-7-15/h3-8,10-11,17-18,21-22,34H,9,12H2,1-2H3. The second kappa shape index (κ2) is 8.81. The summed E-state index contributed by atoms with van der Waals surface area (Å²) >= 11 is 17.7. The van der Waals surface area contributed by atoms with Crippen LogP contribution in [0.4, 0.5) is 5.69 Å². The van der Waals surface area contributed by atoms with Gasteiger partial charge in [-0.15, -0.1) is 23.2 Å². The summed E-state index contributed by atoms with van der Waals surface area (Å²) in [7, 11) is 2.74. The first-order valence-corrected chi connectivity index (χ1v) is 13.9. The van der Waals surface area contributed by atoms with E-state index in [0.717, 1.165) is 9.37 Å². The van der Waals surface area contributed by atoms with Gasteiger partial charge in [0.1, 0.15) is 0 Å². The number of phenolic OH excluding ortho intramolecular Hbond substituents is 1. The maximum Gasteiger partial charge on any atom is 0.253 e. The number of carbonyl (C=O) groups excluding carboxylic acids is 4. The molecule has 0 bridgehead atoms. The number of allylic oxidation sites excluding steroid dienone is 2. The number of phenols is 1. The van der Waals surface area contributed by atoms with Crippen molar-refractivity contribution in [2.75, 3.05) is 19.1 Å². The van der Waals surface area contributed by atoms with Crippen molar-refractivity contribution in [2.24, 2.45) is 17.8 Å². The quantitative estimate of drug-likeness (QED) is 0.306. The van der Waals surface area contributed by atoms with Gasteiger partial charge in [0, 0.05) is 17.4 Å². The maximum absolute atomic E-state index is 13.9. The fourth-order valence-electron chi connectivity index (χ4n) is 6.84. The third kappa shape index (κ3) is 3.36. The molecule has 2 aromatic carbocycles. The molecule has 11 heteroatoms. The van der Waals surface area contributed by atoms with Crippen LogP contribution in [-0.2, 0) is 19.2 Å². The number of benzene rings is 2. The van der Waals surface area contributed by atoms with Crippen molar-refractivity contribution in [3.8, 4) is 11.5 Å². The van der Waals surface area contributed by atoms with Gasteiger partial charge in [-0.1, -0.05) is 33.6 Å². The molecule has 2 aromatic rings. The van der Waals surface area contributed by atoms with Crippen LogP contribution in [0.15, 0.2) is 58.6 Å². The van der Waals surface area contributed by atoms with Gasteiger partial charge in [-0.25, -0.2) is 0 Å². The minimum absolute atomic E-state index is 0.0844. The second-order valence-corrected chi connectivity index (χ2v) is 12.6. The molecule has 0 aromatic heterocycles. The van der Waals surface area contributed by atoms with Gasteiger partial charge in [0.25, 0.3) is 11.8 Å². The molecular weight excluding hydrogens is 611 g/mol. The Morgan fingerprint density at radius 3 is 2.36 bits per heavy atom. The van der Waals surface area contributed by atoms with E-state index < -0.39 is 45.2 Å². The number of likely N-dealkylation sites (tertiary alicyclic amines) is 1. The highest BCUT2D eigenvalue weighted by atomic mass is 79.9. The predicted octanol–water partition coefficient (Wildman–Crippen LogP) is 4.36. The number of alkyl halides is 2. The number of aromatic hydroxyl groups is 1. The smallest absolute Gasteiger partial charge is 0.253 e. The number of hydrogen-bond acceptors (Lipinski definition) is 6. The number of ether oxygens (including phenoxy) is 1. The van der Waals surface area contributed by atoms with Crippen molar-refractivity contribution in [1.29, 1.82) is 0 Å². The lowest BCUT2D eigenvalue weighted by atomic mass is 9.56. The number of anilines is 1. The van der Waals surface area contributed by atoms with E-state index in [2.05, 4.69) is 15.9 Å². The second-order valence-electron chi connectivity index (χ2n) is 10.4. The van der Waals surface area contributed by atoms with Crippen LogP contribution in [0.25, 0.3) is 0 Å². The molecule has 1 saturated carbocycles. The highest BCUT2D eigenvalue weighted by Gasteiger charge is 2.75. The number of nitrogens with zero attached hydrogens (tertiary/aromatic N) is 2. The molecule has 2 saturated heterocycles. The molecule has 0 spiro atoms. The topological polar surface area (TPSA) is 104 Å². The van der Waals surface area contributed by atoms with Crippen LogP contribution in [-0.4, -0.2) is 57.5 Å². The van der Waals surface area contributed by atoms with Gasteiger partial charge in [-0.05, 0) is 60.7 Å². The summed E-state index contributed by atoms with van der Waals surface area (Å²) in [5, 5.41) is 10.2. The molecule has 6 unspecified atom stereocenters. The number of methoxy groups -OCH3 is 1. The molecule has 6 rings (SSSR count). The fourth-order valence-corrected chi connectivity index (χ4v) is 8.12. The molecule has 6 atom stereocenters. The number of rotatable bonds is 3. The van der Waals surface area contributed by atoms with Crippen LogP contribution in [0, 0.1) is 17.8 Å². The Morgan fingerprint density at radius 1 is 1.00 bits per heavy atom. The van der Waals surface area contributed by atoms with E-state index in [-0.39, 0.29) is 36.2 Å². The number of halogens is 3. The zero-order valence-electron chi connectivity index (χ0n) is 20.9. The normalized spacial score (nSPS) is 33.6. The molecule has 4 amide bonds. The van der Waals surface area contributed by atoms with Crippen LogP contribution < -0.4 is 9.64 Å². The third-order valence-electron chi connectivity index (χ3n) is 8.64. The number of carbonyl (C=O) groups is 4. The molecule has 1 N–H and O–H groups in total. The van der Waals surface area contributed by atoms with Gasteiger partial charge in [0.15, 0.2) is 21.2 Å². The van der Waals surface area contributed by atoms with Gasteiger partial charge < -0.3 is 9.84 Å². The zero-order valence-corrected chi connectivity index (χ0v) is 24.0. The Bertz CT molecular complexity index is 1500. The van der Waals surface area contributed by atoms with Crippen LogP contribution in [0.2, 0.25) is 0 Å². The maximum atomic E-state index is 13.9. The van der Waals surface area contributed by atoms with Crippen LogP contribution >= 0.6 is 39.1 Å². The first-order chi connectivity index (χ1) is 18.5. The first kappa shape index (κ1) is 26.3. The Morgan fingerprint density at radius 2 is 1.69 bits per heavy atom. The predicted molar refractivity (Wildman–Crippen MR) is 147 cm³/mol. The number of amides is 4. The average molecular weight is 634 g/mol. The number of fused-ring (bicyclic) bond motifs is 4. The molecule has 8 nitrogen and oxygen atoms in total. The van der Waals surface area contributed by atoms with E-state index in [0.29, 0.717) is 16.8 Å². The van der Waals surface area contributed by atoms with Crippen molar-refractivity contribution in [2.45, 2.75) is 28.5 Å². The summed E-state index contributed by atoms with van der Waals surface area (Å²) in [6.45, 7) is 0. The Labute approximate surface area is 242 Å². The number of hydrogen-bond donors (Lipinski definition) is 1. The Hall–Kier alpha value is -2.88. The van der Waals surface area contributed by atoms with Crippen molar-refractivity contribution in [3.63, 3.8) is 0 Å². The zero-order chi connectivity index (χ0) is 28.0. The molecular formula is C28H23BrCl2N2O6. The lowest BCUT2D eigenvalue weighted by Crippen LogP contribution is -2.60. The van der Waals surface area contributed by atoms with Crippen LogP contribution in [0.5, 0.6) is 11.5 Å². The molecule has 2 aliphatic carbocycles. The molecule has 202 valence electrons. The number of imide groups is 2. The fraction of sp³-hybridized carbons (Fsp3) is 0.357. The van der Waals surface area contributed by atoms with E-state index in [1.54, 1.807) is 36.4 Å². The highest BCUT2D eigenvalue weighted by Crippen LogP contribution is 2.65. The summed E-state index contributed by atoms with van der Waals surface area (Å²) in [4.78, 5) is 53.0. The van der Waals surface area contributed by atoms with Crippen molar-refractivity contribution >= 4 is 68.4 Å². The first-order valence-electron chi connectivity index (χ1n) is 12.4. The van der Waals surface area contributed by atoms with Crippen molar-refractivity contribution < 1.29 is 29.0 Å². The van der Waals surface area contributed by atoms with Crippen molar-refractivity contribution in [3.05, 3.63) is 64.1 Å². The van der Waals surface area contributed by atoms with Crippen LogP contribution in [0.3, 0.4) is 0 Å². The third-order valence-corrected chi connectivity index (χ3v) is 10.6. The van der Waals surface area contributed by atoms with E-state index in [1.807, 2.05) is 6.08 Å². The Kier molecular flexibility index (Phi) is 5.95. The van der Waals surface area contributed by atoms with Crippen molar-refractivity contribution in [1.82, 2.24) is 4.90 Å². The van der Waals surface area contributed by atoms with E-state index in [1.165, 1.54) is 25.1 Å². The Balaban J connectivity index is 1.52. The summed E-state index contributed by atoms with van der Waals surface area (Å²) in [6, 6.07) is 11.5.